The van der Waals surface area contributed by atoms with Crippen LogP contribution in [0.2, 0.25) is 0 Å². The SMILES string of the molecule is Cn1cc(N)c(-c2nc3cc(N)c(F)cc3[nH]2)n1. The van der Waals surface area contributed by atoms with Crippen molar-refractivity contribution in [2.75, 3.05) is 11.5 Å². The van der Waals surface area contributed by atoms with Crippen molar-refractivity contribution in [1.82, 2.24) is 19.7 Å². The number of nitrogens with one attached hydrogen (secondary N) is 1. The molecule has 0 saturated heterocycles. The molecule has 0 aliphatic heterocycles. The van der Waals surface area contributed by atoms with E-state index in [4.69, 9.17) is 11.5 Å². The minimum absolute atomic E-state index is 0.0644. The number of rotatable bonds is 1. The van der Waals surface area contributed by atoms with Gasteiger partial charge in [-0.15, -0.1) is 0 Å². The van der Waals surface area contributed by atoms with Crippen LogP contribution in [0.3, 0.4) is 0 Å². The van der Waals surface area contributed by atoms with Crippen molar-refractivity contribution in [2.24, 2.45) is 7.05 Å². The Labute approximate surface area is 101 Å². The molecule has 0 unspecified atom stereocenters. The number of aromatic amines is 1. The van der Waals surface area contributed by atoms with Gasteiger partial charge < -0.3 is 16.5 Å². The van der Waals surface area contributed by atoms with E-state index in [1.54, 1.807) is 17.9 Å². The Morgan fingerprint density at radius 1 is 1.28 bits per heavy atom. The Balaban J connectivity index is 2.22. The lowest BCUT2D eigenvalue weighted by molar-refractivity contribution is 0.634. The first-order chi connectivity index (χ1) is 8.54. The van der Waals surface area contributed by atoms with E-state index in [2.05, 4.69) is 15.1 Å². The number of fused-ring (bicyclic) bond motifs is 1. The molecule has 0 amide bonds. The number of nitrogen functional groups attached to an aromatic ring is 2. The van der Waals surface area contributed by atoms with E-state index in [0.29, 0.717) is 28.2 Å². The maximum atomic E-state index is 13.3. The van der Waals surface area contributed by atoms with Crippen LogP contribution < -0.4 is 11.5 Å². The van der Waals surface area contributed by atoms with Crippen LogP contribution in [0.15, 0.2) is 18.3 Å². The maximum absolute atomic E-state index is 13.3. The molecule has 7 heteroatoms. The molecule has 0 bridgehead atoms. The molecule has 2 heterocycles. The summed E-state index contributed by atoms with van der Waals surface area (Å²) < 4.78 is 14.9. The Kier molecular flexibility index (Phi) is 2.03. The van der Waals surface area contributed by atoms with Gasteiger partial charge in [0.25, 0.3) is 0 Å². The summed E-state index contributed by atoms with van der Waals surface area (Å²) in [7, 11) is 1.76. The van der Waals surface area contributed by atoms with Gasteiger partial charge in [0.1, 0.15) is 5.82 Å². The number of nitrogens with zero attached hydrogens (tertiary/aromatic N) is 3. The molecule has 1 aromatic carbocycles. The molecule has 0 fully saturated rings. The molecular formula is C11H11FN6. The predicted molar refractivity (Wildman–Crippen MR) is 67.1 cm³/mol. The van der Waals surface area contributed by atoms with Crippen LogP contribution in [0, 0.1) is 5.82 Å². The molecule has 3 aromatic rings. The minimum atomic E-state index is -0.480. The first kappa shape index (κ1) is 10.6. The number of benzene rings is 1. The van der Waals surface area contributed by atoms with Gasteiger partial charge in [-0.1, -0.05) is 0 Å². The van der Waals surface area contributed by atoms with Crippen LogP contribution >= 0.6 is 0 Å². The van der Waals surface area contributed by atoms with Crippen LogP contribution in [0.5, 0.6) is 0 Å². The third-order valence-corrected chi connectivity index (χ3v) is 2.68. The summed E-state index contributed by atoms with van der Waals surface area (Å²) in [6, 6.07) is 2.78. The molecule has 0 aliphatic rings. The largest absolute Gasteiger partial charge is 0.396 e. The highest BCUT2D eigenvalue weighted by Crippen LogP contribution is 2.25. The first-order valence-corrected chi connectivity index (χ1v) is 5.29. The highest BCUT2D eigenvalue weighted by Gasteiger charge is 2.13. The van der Waals surface area contributed by atoms with Crippen molar-refractivity contribution in [1.29, 1.82) is 0 Å². The number of aryl methyl sites for hydroxylation is 1. The smallest absolute Gasteiger partial charge is 0.161 e. The van der Waals surface area contributed by atoms with Crippen molar-refractivity contribution in [2.45, 2.75) is 0 Å². The third-order valence-electron chi connectivity index (χ3n) is 2.68. The Hall–Kier alpha value is -2.57. The number of H-pyrrole nitrogens is 1. The maximum Gasteiger partial charge on any atom is 0.161 e. The summed E-state index contributed by atoms with van der Waals surface area (Å²) >= 11 is 0. The number of aromatic nitrogens is 4. The molecule has 92 valence electrons. The summed E-state index contributed by atoms with van der Waals surface area (Å²) in [5.41, 5.74) is 13.5. The van der Waals surface area contributed by atoms with Gasteiger partial charge in [0.2, 0.25) is 0 Å². The number of hydrogen-bond donors (Lipinski definition) is 3. The standard InChI is InChI=1S/C11H11FN6/c1-18-4-7(14)10(17-18)11-15-8-2-5(12)6(13)3-9(8)16-11/h2-4H,13-14H2,1H3,(H,15,16). The fourth-order valence-corrected chi connectivity index (χ4v) is 1.85. The number of halogens is 1. The second-order valence-electron chi connectivity index (χ2n) is 4.08. The zero-order valence-electron chi connectivity index (χ0n) is 9.61. The summed E-state index contributed by atoms with van der Waals surface area (Å²) in [6.07, 6.45) is 1.68. The lowest BCUT2D eigenvalue weighted by Crippen LogP contribution is -1.89. The molecule has 0 spiro atoms. The van der Waals surface area contributed by atoms with Crippen molar-refractivity contribution >= 4 is 22.4 Å². The highest BCUT2D eigenvalue weighted by atomic mass is 19.1. The predicted octanol–water partition coefficient (Wildman–Crippen LogP) is 1.27. The fraction of sp³-hybridized carbons (Fsp3) is 0.0909. The zero-order valence-corrected chi connectivity index (χ0v) is 9.61. The van der Waals surface area contributed by atoms with Crippen molar-refractivity contribution in [3.63, 3.8) is 0 Å². The Bertz CT molecular complexity index is 702. The summed E-state index contributed by atoms with van der Waals surface area (Å²) in [5, 5.41) is 4.19. The number of anilines is 2. The van der Waals surface area contributed by atoms with Gasteiger partial charge in [-0.2, -0.15) is 5.10 Å². The second kappa shape index (κ2) is 3.46. The van der Waals surface area contributed by atoms with Crippen molar-refractivity contribution in [3.8, 4) is 11.5 Å². The quantitative estimate of drug-likeness (QED) is 0.563. The second-order valence-corrected chi connectivity index (χ2v) is 4.08. The summed E-state index contributed by atoms with van der Waals surface area (Å²) in [6.45, 7) is 0. The van der Waals surface area contributed by atoms with E-state index in [9.17, 15) is 4.39 Å². The van der Waals surface area contributed by atoms with Crippen molar-refractivity contribution in [3.05, 3.63) is 24.1 Å². The lowest BCUT2D eigenvalue weighted by Gasteiger charge is -1.93. The topological polar surface area (TPSA) is 98.5 Å². The summed E-state index contributed by atoms with van der Waals surface area (Å²) in [5.74, 6) is 0.0137. The molecule has 0 atom stereocenters. The molecule has 0 saturated carbocycles. The average Bonchev–Trinajstić information content (AvgIpc) is 2.82. The molecule has 3 rings (SSSR count). The number of imidazole rings is 1. The summed E-state index contributed by atoms with van der Waals surface area (Å²) in [4.78, 5) is 7.27. The molecule has 5 N–H and O–H groups in total. The molecule has 6 nitrogen and oxygen atoms in total. The van der Waals surface area contributed by atoms with Gasteiger partial charge in [-0.3, -0.25) is 4.68 Å². The Morgan fingerprint density at radius 2 is 2.06 bits per heavy atom. The van der Waals surface area contributed by atoms with Crippen LogP contribution in [0.4, 0.5) is 15.8 Å². The molecule has 0 radical (unpaired) electrons. The van der Waals surface area contributed by atoms with E-state index in [1.165, 1.54) is 12.1 Å². The minimum Gasteiger partial charge on any atom is -0.396 e. The lowest BCUT2D eigenvalue weighted by atomic mass is 10.3. The van der Waals surface area contributed by atoms with Gasteiger partial charge in [-0.05, 0) is 6.07 Å². The Morgan fingerprint density at radius 3 is 2.72 bits per heavy atom. The van der Waals surface area contributed by atoms with E-state index in [0.717, 1.165) is 0 Å². The van der Waals surface area contributed by atoms with Crippen molar-refractivity contribution < 1.29 is 4.39 Å². The molecule has 18 heavy (non-hydrogen) atoms. The molecule has 0 aliphatic carbocycles. The number of nitrogens with two attached hydrogens (primary N) is 2. The van der Waals surface area contributed by atoms with Gasteiger partial charge in [0, 0.05) is 19.3 Å². The van der Waals surface area contributed by atoms with Crippen LogP contribution in [-0.4, -0.2) is 19.7 Å². The fourth-order valence-electron chi connectivity index (χ4n) is 1.85. The monoisotopic (exact) mass is 246 g/mol. The van der Waals surface area contributed by atoms with Gasteiger partial charge in [-0.25, -0.2) is 9.37 Å². The van der Waals surface area contributed by atoms with Gasteiger partial charge in [0.05, 0.1) is 22.4 Å². The van der Waals surface area contributed by atoms with E-state index in [-0.39, 0.29) is 5.69 Å². The van der Waals surface area contributed by atoms with Crippen LogP contribution in [0.1, 0.15) is 0 Å². The van der Waals surface area contributed by atoms with Crippen LogP contribution in [0.25, 0.3) is 22.6 Å². The van der Waals surface area contributed by atoms with E-state index >= 15 is 0 Å². The van der Waals surface area contributed by atoms with Gasteiger partial charge >= 0.3 is 0 Å². The molecule has 2 aromatic heterocycles. The molecular weight excluding hydrogens is 235 g/mol. The average molecular weight is 246 g/mol. The van der Waals surface area contributed by atoms with E-state index < -0.39 is 5.82 Å². The highest BCUT2D eigenvalue weighted by molar-refractivity contribution is 5.83. The van der Waals surface area contributed by atoms with Crippen LogP contribution in [-0.2, 0) is 7.05 Å². The normalized spacial score (nSPS) is 11.2. The first-order valence-electron chi connectivity index (χ1n) is 5.29. The number of hydrogen-bond acceptors (Lipinski definition) is 4. The van der Waals surface area contributed by atoms with E-state index in [1.807, 2.05) is 0 Å². The third kappa shape index (κ3) is 1.48. The zero-order chi connectivity index (χ0) is 12.9. The van der Waals surface area contributed by atoms with Gasteiger partial charge in [0.15, 0.2) is 11.5 Å².